The van der Waals surface area contributed by atoms with E-state index in [0.717, 1.165) is 77.9 Å². The predicted molar refractivity (Wildman–Crippen MR) is 607 cm³/mol. The lowest BCUT2D eigenvalue weighted by molar-refractivity contribution is 0.489. The molecule has 9 heteroatoms. The van der Waals surface area contributed by atoms with Crippen molar-refractivity contribution < 1.29 is 13.6 Å². The van der Waals surface area contributed by atoms with Gasteiger partial charge in [-0.25, -0.2) is 0 Å². The Labute approximate surface area is 831 Å². The molecule has 0 bridgehead atoms. The molecule has 1 aliphatic rings. The summed E-state index contributed by atoms with van der Waals surface area (Å²) in [5.41, 5.74) is 25.0. The van der Waals surface area contributed by atoms with Gasteiger partial charge in [-0.1, -0.05) is 424 Å². The van der Waals surface area contributed by atoms with Gasteiger partial charge in [0.2, 0.25) is 0 Å². The lowest BCUT2D eigenvalue weighted by Gasteiger charge is -2.40. The van der Waals surface area contributed by atoms with Crippen LogP contribution in [-0.4, -0.2) is 34.4 Å². The van der Waals surface area contributed by atoms with Crippen molar-refractivity contribution in [2.24, 2.45) is 0 Å². The van der Waals surface area contributed by atoms with Crippen LogP contribution in [0.4, 0.5) is 0 Å². The van der Waals surface area contributed by atoms with Crippen LogP contribution in [0, 0.1) is 0 Å². The van der Waals surface area contributed by atoms with E-state index in [1.54, 1.807) is 0 Å². The molecule has 0 aliphatic carbocycles. The van der Waals surface area contributed by atoms with E-state index in [9.17, 15) is 0 Å². The third-order valence-electron chi connectivity index (χ3n) is 29.9. The van der Waals surface area contributed by atoms with Crippen LogP contribution in [0.15, 0.2) is 506 Å². The highest BCUT2D eigenvalue weighted by Crippen LogP contribution is 2.48. The van der Waals surface area contributed by atoms with Crippen LogP contribution in [0.5, 0.6) is 11.5 Å². The Kier molecular flexibility index (Phi) is 20.6. The molecule has 0 spiro atoms. The van der Waals surface area contributed by atoms with Crippen molar-refractivity contribution in [3.8, 4) is 56.5 Å². The van der Waals surface area contributed by atoms with E-state index >= 15 is 0 Å². The van der Waals surface area contributed by atoms with Crippen LogP contribution < -0.4 is 46.2 Å². The summed E-state index contributed by atoms with van der Waals surface area (Å²) in [5.74, 6) is 1.79. The topological polar surface area (TPSA) is 55.2 Å². The van der Waals surface area contributed by atoms with Crippen molar-refractivity contribution in [2.75, 3.05) is 0 Å². The summed E-state index contributed by atoms with van der Waals surface area (Å²) in [5, 5.41) is 24.9. The Morgan fingerprint density at radius 2 is 0.545 bits per heavy atom. The van der Waals surface area contributed by atoms with Crippen molar-refractivity contribution in [1.82, 2.24) is 18.3 Å². The summed E-state index contributed by atoms with van der Waals surface area (Å²) in [6.07, 6.45) is 0. The number of nitrogens with zero attached hydrogens (tertiary/aromatic N) is 4. The zero-order valence-electron chi connectivity index (χ0n) is 80.4. The number of benzene rings is 21. The Morgan fingerprint density at radius 3 is 0.972 bits per heavy atom. The number of rotatable bonds is 12. The molecule has 0 saturated heterocycles. The fourth-order valence-corrected chi connectivity index (χ4v) is 33.3. The number of ether oxygens (including phenoxy) is 1. The molecule has 0 amide bonds. The third kappa shape index (κ3) is 13.9. The lowest BCUT2D eigenvalue weighted by atomic mass is 9.85. The zero-order valence-corrected chi connectivity index (χ0v) is 82.4. The van der Waals surface area contributed by atoms with Crippen LogP contribution in [0.25, 0.3) is 176 Å². The Balaban J connectivity index is 0.000000111. The molecular weight excluding hydrogens is 1770 g/mol. The van der Waals surface area contributed by atoms with Gasteiger partial charge in [-0.3, -0.25) is 0 Å². The highest BCUT2D eigenvalue weighted by Gasteiger charge is 2.49. The molecular formula is C134H100N4O3Si2. The van der Waals surface area contributed by atoms with E-state index in [0.29, 0.717) is 0 Å². The summed E-state index contributed by atoms with van der Waals surface area (Å²) in [4.78, 5) is 0. The first-order valence-corrected chi connectivity index (χ1v) is 53.6. The SMILES string of the molecule is CC(C)(C)c1ccc2c(c1)c1cc(C(C)(C)C)ccc1n2-c1cc([Si](c2ccccc2)(c2ccccc2)c2ccccc2)c2oc3ccccc3c2c1.c1ccc(-n2c3ccccc3c3ccccc32)c(-c2ccccc2-n2c3ccccc3c3ccccc32)c1.c1ccc([Si]2(c3ccccc3)c3ccccc3Oc3c(-c4cc(-n5c6ccccc6c6ccccc65)cc5c4oc4ccccc45)cccc32)cc1. The molecule has 682 valence electrons. The van der Waals surface area contributed by atoms with Gasteiger partial charge in [-0.05, 0) is 179 Å². The van der Waals surface area contributed by atoms with Crippen molar-refractivity contribution in [2.45, 2.75) is 52.4 Å². The normalized spacial score (nSPS) is 12.7. The highest BCUT2D eigenvalue weighted by atomic mass is 28.3. The number of fused-ring (bicyclic) bond motifs is 20. The maximum absolute atomic E-state index is 7.14. The Bertz CT molecular complexity index is 9150. The second-order valence-corrected chi connectivity index (χ2v) is 47.5. The fourth-order valence-electron chi connectivity index (χ4n) is 23.4. The molecule has 0 atom stereocenters. The van der Waals surface area contributed by atoms with Crippen LogP contribution in [-0.2, 0) is 10.8 Å². The van der Waals surface area contributed by atoms with E-state index in [2.05, 4.69) is 551 Å². The van der Waals surface area contributed by atoms with Gasteiger partial charge in [0.15, 0.2) is 16.1 Å². The standard InChI is InChI=1S/C50H45NOSi.C48H31NO2Si.C36H24N2/c1-49(2,3)34-26-28-44-41(30-34)42-31-35(50(4,5)6)27-29-45(42)51(44)36-32-43-40-24-16-17-25-46(40)52-48(43)47(33-36)53(37-18-10-7-11-19-37,38-20-12-8-13-21-38)39-22-14-9-15-23-39;1-3-16-33(17-4-1)52(34-18-5-2-6-19-34)45-28-14-13-27-44(45)51-48-38(23-15-29-46(48)52)40-31-32(30-39-37-22-9-12-26-43(37)50-47(39)40)49-41-24-10-7-20-35(41)36-21-8-11-25-42(36)49;1-7-19-31-25(13-1)26-14-2-8-20-32(26)37(31)35-23-11-5-17-29(35)30-18-6-12-24-36(30)38-33-21-9-3-15-27(33)28-16-4-10-22-34(28)38/h7-33H,1-6H3;1-31H;1-24H. The summed E-state index contributed by atoms with van der Waals surface area (Å²) in [7, 11) is -5.82. The zero-order chi connectivity index (χ0) is 95.8. The number of hydrogen-bond acceptors (Lipinski definition) is 3. The van der Waals surface area contributed by atoms with Crippen molar-refractivity contribution in [3.63, 3.8) is 0 Å². The van der Waals surface area contributed by atoms with Gasteiger partial charge in [0.25, 0.3) is 0 Å². The average molecular weight is 1870 g/mol. The summed E-state index contributed by atoms with van der Waals surface area (Å²) in [6.45, 7) is 13.8. The van der Waals surface area contributed by atoms with Crippen LogP contribution in [0.3, 0.4) is 0 Å². The third-order valence-corrected chi connectivity index (χ3v) is 39.5. The van der Waals surface area contributed by atoms with Crippen LogP contribution in [0.1, 0.15) is 52.7 Å². The van der Waals surface area contributed by atoms with Gasteiger partial charge in [-0.2, -0.15) is 0 Å². The molecule has 0 saturated carbocycles. The summed E-state index contributed by atoms with van der Waals surface area (Å²) < 4.78 is 30.7. The smallest absolute Gasteiger partial charge is 0.188 e. The number of furan rings is 2. The molecule has 28 rings (SSSR count). The molecule has 0 N–H and O–H groups in total. The molecule has 27 aromatic rings. The number of hydrogen-bond donors (Lipinski definition) is 0. The molecule has 0 radical (unpaired) electrons. The molecule has 0 fully saturated rings. The second-order valence-electron chi connectivity index (χ2n) is 40.0. The fraction of sp³-hybridized carbons (Fsp3) is 0.0597. The van der Waals surface area contributed by atoms with E-state index in [4.69, 9.17) is 13.6 Å². The Morgan fingerprint density at radius 1 is 0.224 bits per heavy atom. The largest absolute Gasteiger partial charge is 0.457 e. The van der Waals surface area contributed by atoms with Crippen LogP contribution in [0.2, 0.25) is 0 Å². The predicted octanol–water partition coefficient (Wildman–Crippen LogP) is 30.0. The van der Waals surface area contributed by atoms with Gasteiger partial charge in [-0.15, -0.1) is 0 Å². The quantitative estimate of drug-likeness (QED) is 0.0905. The monoisotopic (exact) mass is 1870 g/mol. The minimum absolute atomic E-state index is 0.0261. The minimum Gasteiger partial charge on any atom is -0.457 e. The van der Waals surface area contributed by atoms with E-state index in [1.165, 1.54) is 162 Å². The molecule has 6 aromatic heterocycles. The number of aromatic nitrogens is 4. The lowest BCUT2D eigenvalue weighted by Crippen LogP contribution is -2.76. The van der Waals surface area contributed by atoms with Gasteiger partial charge < -0.3 is 31.8 Å². The van der Waals surface area contributed by atoms with Crippen molar-refractivity contribution in [1.29, 1.82) is 0 Å². The molecule has 0 unspecified atom stereocenters. The summed E-state index contributed by atoms with van der Waals surface area (Å²) in [6, 6.07) is 181. The second kappa shape index (κ2) is 34.3. The van der Waals surface area contributed by atoms with Crippen molar-refractivity contribution in [3.05, 3.63) is 509 Å². The van der Waals surface area contributed by atoms with Gasteiger partial charge in [0, 0.05) is 98.3 Å². The van der Waals surface area contributed by atoms with Crippen LogP contribution >= 0.6 is 0 Å². The maximum Gasteiger partial charge on any atom is 0.188 e. The first-order valence-electron chi connectivity index (χ1n) is 49.6. The van der Waals surface area contributed by atoms with E-state index < -0.39 is 16.1 Å². The van der Waals surface area contributed by atoms with Gasteiger partial charge >= 0.3 is 0 Å². The van der Waals surface area contributed by atoms with E-state index in [1.807, 2.05) is 6.07 Å². The van der Waals surface area contributed by atoms with Crippen molar-refractivity contribution >= 4 is 189 Å². The maximum atomic E-state index is 7.14. The molecule has 1 aliphatic heterocycles. The van der Waals surface area contributed by atoms with Gasteiger partial charge in [0.05, 0.1) is 55.5 Å². The average Bonchev–Trinajstić information content (AvgIpc) is 1.47. The number of para-hydroxylation sites is 12. The minimum atomic E-state index is -2.98. The Hall–Kier alpha value is -17.3. The van der Waals surface area contributed by atoms with E-state index in [-0.39, 0.29) is 10.8 Å². The van der Waals surface area contributed by atoms with Gasteiger partial charge in [0.1, 0.15) is 33.8 Å². The molecule has 7 nitrogen and oxygen atoms in total. The highest BCUT2D eigenvalue weighted by molar-refractivity contribution is 7.21. The molecule has 7 heterocycles. The molecule has 143 heavy (non-hydrogen) atoms. The molecule has 21 aromatic carbocycles. The first kappa shape index (κ1) is 86.0. The first-order chi connectivity index (χ1) is 70.2. The summed E-state index contributed by atoms with van der Waals surface area (Å²) >= 11 is 0.